The highest BCUT2D eigenvalue weighted by atomic mass is 16.4. The molecule has 2 atom stereocenters. The van der Waals surface area contributed by atoms with Gasteiger partial charge in [-0.1, -0.05) is 13.8 Å². The van der Waals surface area contributed by atoms with Crippen LogP contribution in [0.15, 0.2) is 0 Å². The van der Waals surface area contributed by atoms with Crippen LogP contribution in [0.2, 0.25) is 0 Å². The Hall–Kier alpha value is -0.610. The molecule has 2 aliphatic rings. The van der Waals surface area contributed by atoms with E-state index in [0.717, 1.165) is 38.1 Å². The second-order valence-corrected chi connectivity index (χ2v) is 7.29. The number of hydrogen-bond donors (Lipinski definition) is 2. The second-order valence-electron chi connectivity index (χ2n) is 7.29. The van der Waals surface area contributed by atoms with Crippen LogP contribution in [0.1, 0.15) is 65.2 Å². The molecule has 0 aromatic rings. The van der Waals surface area contributed by atoms with Gasteiger partial charge in [0.1, 0.15) is 5.54 Å². The molecule has 4 heteroatoms. The van der Waals surface area contributed by atoms with Gasteiger partial charge in [-0.25, -0.2) is 0 Å². The Balaban J connectivity index is 1.94. The summed E-state index contributed by atoms with van der Waals surface area (Å²) in [6.45, 7) is 5.23. The van der Waals surface area contributed by atoms with E-state index in [1.807, 2.05) is 0 Å². The molecular formula is C17H32N2O2. The van der Waals surface area contributed by atoms with Crippen LogP contribution in [0, 0.1) is 5.92 Å². The first-order chi connectivity index (χ1) is 9.98. The van der Waals surface area contributed by atoms with Gasteiger partial charge in [0, 0.05) is 12.1 Å². The maximum Gasteiger partial charge on any atom is 0.323 e. The van der Waals surface area contributed by atoms with Gasteiger partial charge in [-0.15, -0.1) is 0 Å². The van der Waals surface area contributed by atoms with E-state index in [-0.39, 0.29) is 0 Å². The van der Waals surface area contributed by atoms with Crippen molar-refractivity contribution in [2.75, 3.05) is 13.6 Å². The highest BCUT2D eigenvalue weighted by Gasteiger charge is 2.46. The molecule has 2 N–H and O–H groups in total. The average Bonchev–Trinajstić information content (AvgIpc) is 2.91. The third-order valence-corrected chi connectivity index (χ3v) is 5.75. The molecule has 2 fully saturated rings. The van der Waals surface area contributed by atoms with Gasteiger partial charge in [0.15, 0.2) is 0 Å². The molecule has 0 aromatic carbocycles. The Bertz CT molecular complexity index is 353. The van der Waals surface area contributed by atoms with Crippen molar-refractivity contribution >= 4 is 5.97 Å². The molecule has 21 heavy (non-hydrogen) atoms. The zero-order chi connectivity index (χ0) is 15.5. The first kappa shape index (κ1) is 16.8. The van der Waals surface area contributed by atoms with Gasteiger partial charge in [0.25, 0.3) is 0 Å². The summed E-state index contributed by atoms with van der Waals surface area (Å²) in [6, 6.07) is 1.07. The van der Waals surface area contributed by atoms with E-state index in [4.69, 9.17) is 0 Å². The van der Waals surface area contributed by atoms with Crippen molar-refractivity contribution in [1.82, 2.24) is 10.2 Å². The third kappa shape index (κ3) is 3.78. The van der Waals surface area contributed by atoms with Gasteiger partial charge < -0.3 is 15.3 Å². The van der Waals surface area contributed by atoms with Gasteiger partial charge in [0.05, 0.1) is 0 Å². The first-order valence-corrected chi connectivity index (χ1v) is 8.69. The fourth-order valence-corrected chi connectivity index (χ4v) is 4.11. The number of hydrogen-bond acceptors (Lipinski definition) is 3. The van der Waals surface area contributed by atoms with Crippen molar-refractivity contribution in [3.63, 3.8) is 0 Å². The standard InChI is InChI=1S/C17H32N2O2/c1-4-11-18-17(16(20)21)10-9-15(12-17)19(3)14-7-5-13(2)6-8-14/h13-15,18H,4-12H2,1-3H3,(H,20,21). The molecular weight excluding hydrogens is 264 g/mol. The number of rotatable bonds is 6. The van der Waals surface area contributed by atoms with Crippen LogP contribution in [0.25, 0.3) is 0 Å². The van der Waals surface area contributed by atoms with Crippen LogP contribution >= 0.6 is 0 Å². The molecule has 0 aliphatic heterocycles. The van der Waals surface area contributed by atoms with E-state index < -0.39 is 11.5 Å². The minimum atomic E-state index is -0.684. The SMILES string of the molecule is CCCNC1(C(=O)O)CCC(N(C)C2CCC(C)CC2)C1. The number of nitrogens with zero attached hydrogens (tertiary/aromatic N) is 1. The first-order valence-electron chi connectivity index (χ1n) is 8.69. The molecule has 0 heterocycles. The average molecular weight is 296 g/mol. The fourth-order valence-electron chi connectivity index (χ4n) is 4.11. The molecule has 0 amide bonds. The monoisotopic (exact) mass is 296 g/mol. The Morgan fingerprint density at radius 1 is 1.24 bits per heavy atom. The lowest BCUT2D eigenvalue weighted by molar-refractivity contribution is -0.144. The predicted molar refractivity (Wildman–Crippen MR) is 85.5 cm³/mol. The second kappa shape index (κ2) is 7.10. The zero-order valence-electron chi connectivity index (χ0n) is 13.9. The highest BCUT2D eigenvalue weighted by molar-refractivity contribution is 5.79. The van der Waals surface area contributed by atoms with Crippen molar-refractivity contribution in [1.29, 1.82) is 0 Å². The summed E-state index contributed by atoms with van der Waals surface area (Å²) in [5, 5.41) is 13.0. The lowest BCUT2D eigenvalue weighted by Crippen LogP contribution is -2.52. The number of carbonyl (C=O) groups is 1. The van der Waals surface area contributed by atoms with Crippen molar-refractivity contribution in [3.05, 3.63) is 0 Å². The lowest BCUT2D eigenvalue weighted by atomic mass is 9.86. The van der Waals surface area contributed by atoms with Crippen LogP contribution in [0.4, 0.5) is 0 Å². The minimum absolute atomic E-state index is 0.420. The molecule has 2 rings (SSSR count). The van der Waals surface area contributed by atoms with Crippen LogP contribution in [-0.2, 0) is 4.79 Å². The van der Waals surface area contributed by atoms with Gasteiger partial charge in [0.2, 0.25) is 0 Å². The van der Waals surface area contributed by atoms with Crippen molar-refractivity contribution in [3.8, 4) is 0 Å². The van der Waals surface area contributed by atoms with Crippen LogP contribution in [0.5, 0.6) is 0 Å². The molecule has 2 saturated carbocycles. The molecule has 0 radical (unpaired) electrons. The van der Waals surface area contributed by atoms with Crippen molar-refractivity contribution < 1.29 is 9.90 Å². The molecule has 2 aliphatic carbocycles. The molecule has 0 spiro atoms. The van der Waals surface area contributed by atoms with E-state index >= 15 is 0 Å². The molecule has 2 unspecified atom stereocenters. The molecule has 122 valence electrons. The van der Waals surface area contributed by atoms with E-state index in [0.29, 0.717) is 12.1 Å². The molecule has 0 aromatic heterocycles. The summed E-state index contributed by atoms with van der Waals surface area (Å²) in [7, 11) is 2.21. The number of aliphatic carboxylic acids is 1. The molecule has 4 nitrogen and oxygen atoms in total. The maximum atomic E-state index is 11.7. The van der Waals surface area contributed by atoms with Crippen molar-refractivity contribution in [2.24, 2.45) is 5.92 Å². The molecule has 0 bridgehead atoms. The van der Waals surface area contributed by atoms with Gasteiger partial charge in [-0.3, -0.25) is 4.79 Å². The Labute approximate surface area is 129 Å². The van der Waals surface area contributed by atoms with E-state index in [1.165, 1.54) is 25.7 Å². The van der Waals surface area contributed by atoms with E-state index in [9.17, 15) is 9.90 Å². The van der Waals surface area contributed by atoms with Crippen LogP contribution in [-0.4, -0.2) is 47.2 Å². The zero-order valence-corrected chi connectivity index (χ0v) is 13.9. The van der Waals surface area contributed by atoms with Crippen molar-refractivity contribution in [2.45, 2.75) is 82.8 Å². The highest BCUT2D eigenvalue weighted by Crippen LogP contribution is 2.36. The number of nitrogens with one attached hydrogen (secondary N) is 1. The number of carboxylic acid groups (broad SMARTS) is 1. The smallest absolute Gasteiger partial charge is 0.323 e. The summed E-state index contributed by atoms with van der Waals surface area (Å²) in [6.07, 6.45) is 8.69. The maximum absolute atomic E-state index is 11.7. The molecule has 0 saturated heterocycles. The number of carboxylic acids is 1. The predicted octanol–water partition coefficient (Wildman–Crippen LogP) is 2.87. The largest absolute Gasteiger partial charge is 0.480 e. The summed E-state index contributed by atoms with van der Waals surface area (Å²) in [4.78, 5) is 14.2. The van der Waals surface area contributed by atoms with E-state index in [2.05, 4.69) is 31.1 Å². The van der Waals surface area contributed by atoms with Gasteiger partial charge in [-0.05, 0) is 70.9 Å². The summed E-state index contributed by atoms with van der Waals surface area (Å²) in [5.74, 6) is 0.201. The lowest BCUT2D eigenvalue weighted by Gasteiger charge is -2.38. The van der Waals surface area contributed by atoms with Crippen LogP contribution < -0.4 is 5.32 Å². The Morgan fingerprint density at radius 2 is 1.90 bits per heavy atom. The third-order valence-electron chi connectivity index (χ3n) is 5.75. The normalized spacial score (nSPS) is 37.0. The van der Waals surface area contributed by atoms with E-state index in [1.54, 1.807) is 0 Å². The summed E-state index contributed by atoms with van der Waals surface area (Å²) in [5.41, 5.74) is -0.684. The quantitative estimate of drug-likeness (QED) is 0.791. The van der Waals surface area contributed by atoms with Crippen LogP contribution in [0.3, 0.4) is 0 Å². The minimum Gasteiger partial charge on any atom is -0.480 e. The summed E-state index contributed by atoms with van der Waals surface area (Å²) < 4.78 is 0. The fraction of sp³-hybridized carbons (Fsp3) is 0.941. The Kier molecular flexibility index (Phi) is 5.67. The topological polar surface area (TPSA) is 52.6 Å². The summed E-state index contributed by atoms with van der Waals surface area (Å²) >= 11 is 0. The van der Waals surface area contributed by atoms with Gasteiger partial charge in [-0.2, -0.15) is 0 Å². The Morgan fingerprint density at radius 3 is 2.48 bits per heavy atom. The van der Waals surface area contributed by atoms with Gasteiger partial charge >= 0.3 is 5.97 Å².